The summed E-state index contributed by atoms with van der Waals surface area (Å²) < 4.78 is 2.35. The van der Waals surface area contributed by atoms with Crippen LogP contribution in [0.3, 0.4) is 0 Å². The van der Waals surface area contributed by atoms with Gasteiger partial charge in [-0.3, -0.25) is 4.98 Å². The Morgan fingerprint density at radius 1 is 1.17 bits per heavy atom. The number of hydrogen-bond donors (Lipinski definition) is 1. The maximum atomic E-state index is 4.02. The van der Waals surface area contributed by atoms with Crippen LogP contribution >= 0.6 is 0 Å². The molecule has 0 aliphatic heterocycles. The van der Waals surface area contributed by atoms with Gasteiger partial charge in [-0.2, -0.15) is 0 Å². The Labute approximate surface area is 109 Å². The largest absolute Gasteiger partial charge is 0.349 e. The van der Waals surface area contributed by atoms with Crippen molar-refractivity contribution in [2.24, 2.45) is 0 Å². The number of aryl methyl sites for hydroxylation is 1. The number of nitrogens with one attached hydrogen (secondary N) is 1. The number of pyridine rings is 1. The minimum atomic E-state index is 0.887. The van der Waals surface area contributed by atoms with E-state index in [0.29, 0.717) is 0 Å². The molecule has 0 aliphatic rings. The Morgan fingerprint density at radius 2 is 1.89 bits per heavy atom. The van der Waals surface area contributed by atoms with Gasteiger partial charge in [-0.1, -0.05) is 0 Å². The van der Waals surface area contributed by atoms with Gasteiger partial charge in [0.15, 0.2) is 0 Å². The van der Waals surface area contributed by atoms with Gasteiger partial charge in [-0.15, -0.1) is 0 Å². The van der Waals surface area contributed by atoms with Crippen molar-refractivity contribution in [3.63, 3.8) is 0 Å². The van der Waals surface area contributed by atoms with Gasteiger partial charge in [-0.05, 0) is 50.1 Å². The third kappa shape index (κ3) is 2.79. The summed E-state index contributed by atoms with van der Waals surface area (Å²) in [6.45, 7) is 9.40. The van der Waals surface area contributed by atoms with Crippen LogP contribution in [0.2, 0.25) is 0 Å². The highest BCUT2D eigenvalue weighted by Gasteiger charge is 2.06. The summed E-state index contributed by atoms with van der Waals surface area (Å²) in [5, 5.41) is 3.48. The molecule has 1 N–H and O–H groups in total. The van der Waals surface area contributed by atoms with Gasteiger partial charge < -0.3 is 9.88 Å². The molecule has 0 unspecified atom stereocenters. The predicted octanol–water partition coefficient (Wildman–Crippen LogP) is 2.81. The van der Waals surface area contributed by atoms with Gasteiger partial charge in [-0.25, -0.2) is 0 Å². The highest BCUT2D eigenvalue weighted by atomic mass is 15.0. The summed E-state index contributed by atoms with van der Waals surface area (Å²) in [5.41, 5.74) is 5.38. The maximum absolute atomic E-state index is 4.02. The summed E-state index contributed by atoms with van der Waals surface area (Å²) >= 11 is 0. The fraction of sp³-hybridized carbons (Fsp3) is 0.400. The second-order valence-electron chi connectivity index (χ2n) is 4.60. The van der Waals surface area contributed by atoms with Crippen LogP contribution in [-0.2, 0) is 19.6 Å². The molecule has 0 aromatic carbocycles. The first-order valence-electron chi connectivity index (χ1n) is 6.47. The van der Waals surface area contributed by atoms with E-state index >= 15 is 0 Å². The molecular formula is C15H21N3. The van der Waals surface area contributed by atoms with Gasteiger partial charge in [0.1, 0.15) is 0 Å². The molecule has 0 bridgehead atoms. The van der Waals surface area contributed by atoms with E-state index in [2.05, 4.69) is 41.7 Å². The van der Waals surface area contributed by atoms with Crippen molar-refractivity contribution in [3.8, 4) is 0 Å². The third-order valence-electron chi connectivity index (χ3n) is 3.39. The molecule has 0 atom stereocenters. The van der Waals surface area contributed by atoms with E-state index in [1.165, 1.54) is 22.5 Å². The second-order valence-corrected chi connectivity index (χ2v) is 4.60. The summed E-state index contributed by atoms with van der Waals surface area (Å²) in [7, 11) is 0. The minimum absolute atomic E-state index is 0.887. The zero-order chi connectivity index (χ0) is 13.0. The van der Waals surface area contributed by atoms with Gasteiger partial charge in [0.05, 0.1) is 0 Å². The summed E-state index contributed by atoms with van der Waals surface area (Å²) in [6.07, 6.45) is 3.67. The molecule has 0 fully saturated rings. The Balaban J connectivity index is 1.95. The van der Waals surface area contributed by atoms with Crippen LogP contribution in [0.1, 0.15) is 29.4 Å². The van der Waals surface area contributed by atoms with Crippen molar-refractivity contribution < 1.29 is 0 Å². The zero-order valence-electron chi connectivity index (χ0n) is 11.4. The van der Waals surface area contributed by atoms with Crippen molar-refractivity contribution in [1.29, 1.82) is 0 Å². The summed E-state index contributed by atoms with van der Waals surface area (Å²) in [4.78, 5) is 4.02. The fourth-order valence-electron chi connectivity index (χ4n) is 2.38. The lowest BCUT2D eigenvalue weighted by atomic mass is 10.2. The molecule has 3 heteroatoms. The predicted molar refractivity (Wildman–Crippen MR) is 74.4 cm³/mol. The molecule has 2 aromatic heterocycles. The maximum Gasteiger partial charge on any atom is 0.0271 e. The smallest absolute Gasteiger partial charge is 0.0271 e. The fourth-order valence-corrected chi connectivity index (χ4v) is 2.38. The molecular weight excluding hydrogens is 222 g/mol. The van der Waals surface area contributed by atoms with Crippen molar-refractivity contribution in [2.75, 3.05) is 0 Å². The van der Waals surface area contributed by atoms with Crippen molar-refractivity contribution >= 4 is 0 Å². The third-order valence-corrected chi connectivity index (χ3v) is 3.39. The SMILES string of the molecule is CCn1c(C)cc(CNCc2ccncc2)c1C. The normalized spacial score (nSPS) is 10.8. The molecule has 3 nitrogen and oxygen atoms in total. The lowest BCUT2D eigenvalue weighted by molar-refractivity contribution is 0.675. The minimum Gasteiger partial charge on any atom is -0.349 e. The van der Waals surface area contributed by atoms with Gasteiger partial charge in [0.2, 0.25) is 0 Å². The summed E-state index contributed by atoms with van der Waals surface area (Å²) in [6, 6.07) is 6.36. The Kier molecular flexibility index (Phi) is 4.15. The van der Waals surface area contributed by atoms with E-state index < -0.39 is 0 Å². The van der Waals surface area contributed by atoms with E-state index in [9.17, 15) is 0 Å². The monoisotopic (exact) mass is 243 g/mol. The van der Waals surface area contributed by atoms with E-state index in [-0.39, 0.29) is 0 Å². The van der Waals surface area contributed by atoms with Gasteiger partial charge >= 0.3 is 0 Å². The Hall–Kier alpha value is -1.61. The van der Waals surface area contributed by atoms with Gasteiger partial charge in [0, 0.05) is 43.4 Å². The first-order valence-corrected chi connectivity index (χ1v) is 6.47. The van der Waals surface area contributed by atoms with Crippen molar-refractivity contribution in [3.05, 3.63) is 53.1 Å². The number of aromatic nitrogens is 2. The molecule has 2 heterocycles. The quantitative estimate of drug-likeness (QED) is 0.875. The van der Waals surface area contributed by atoms with Crippen LogP contribution in [0.15, 0.2) is 30.6 Å². The molecule has 0 radical (unpaired) electrons. The average molecular weight is 243 g/mol. The van der Waals surface area contributed by atoms with Crippen LogP contribution in [0, 0.1) is 13.8 Å². The molecule has 0 saturated carbocycles. The van der Waals surface area contributed by atoms with Crippen molar-refractivity contribution in [2.45, 2.75) is 40.4 Å². The van der Waals surface area contributed by atoms with Crippen LogP contribution in [-0.4, -0.2) is 9.55 Å². The Morgan fingerprint density at radius 3 is 2.50 bits per heavy atom. The topological polar surface area (TPSA) is 29.9 Å². The first-order chi connectivity index (χ1) is 8.72. The number of hydrogen-bond acceptors (Lipinski definition) is 2. The van der Waals surface area contributed by atoms with E-state index in [0.717, 1.165) is 19.6 Å². The number of nitrogens with zero attached hydrogens (tertiary/aromatic N) is 2. The second kappa shape index (κ2) is 5.83. The molecule has 96 valence electrons. The molecule has 0 amide bonds. The highest BCUT2D eigenvalue weighted by molar-refractivity contribution is 5.26. The van der Waals surface area contributed by atoms with Crippen LogP contribution in [0.25, 0.3) is 0 Å². The summed E-state index contributed by atoms with van der Waals surface area (Å²) in [5.74, 6) is 0. The van der Waals surface area contributed by atoms with E-state index in [4.69, 9.17) is 0 Å². The lowest BCUT2D eigenvalue weighted by Gasteiger charge is -2.07. The molecule has 2 rings (SSSR count). The highest BCUT2D eigenvalue weighted by Crippen LogP contribution is 2.14. The molecule has 0 aliphatic carbocycles. The van der Waals surface area contributed by atoms with Crippen LogP contribution < -0.4 is 5.32 Å². The van der Waals surface area contributed by atoms with E-state index in [1.54, 1.807) is 0 Å². The zero-order valence-corrected chi connectivity index (χ0v) is 11.4. The molecule has 0 saturated heterocycles. The van der Waals surface area contributed by atoms with E-state index in [1.807, 2.05) is 24.5 Å². The van der Waals surface area contributed by atoms with Crippen LogP contribution in [0.4, 0.5) is 0 Å². The molecule has 18 heavy (non-hydrogen) atoms. The number of rotatable bonds is 5. The standard InChI is InChI=1S/C15H21N3/c1-4-18-12(2)9-15(13(18)3)11-17-10-14-5-7-16-8-6-14/h5-9,17H,4,10-11H2,1-3H3. The van der Waals surface area contributed by atoms with Crippen molar-refractivity contribution in [1.82, 2.24) is 14.9 Å². The van der Waals surface area contributed by atoms with Crippen LogP contribution in [0.5, 0.6) is 0 Å². The van der Waals surface area contributed by atoms with Gasteiger partial charge in [0.25, 0.3) is 0 Å². The molecule has 0 spiro atoms. The lowest BCUT2D eigenvalue weighted by Crippen LogP contribution is -2.13. The Bertz CT molecular complexity index is 500. The average Bonchev–Trinajstić information content (AvgIpc) is 2.65. The first kappa shape index (κ1) is 12.8. The molecule has 2 aromatic rings.